The normalized spacial score (nSPS) is 12.4. The number of nitrogens with one attached hydrogen (secondary N) is 1. The van der Waals surface area contributed by atoms with Gasteiger partial charge in [-0.3, -0.25) is 4.79 Å². The predicted molar refractivity (Wildman–Crippen MR) is 82.8 cm³/mol. The molecule has 0 radical (unpaired) electrons. The van der Waals surface area contributed by atoms with Crippen molar-refractivity contribution >= 4 is 27.1 Å². The standard InChI is InChI=1S/C12H20ClN3O4S/c1-12(2,21(4,18)19)8-14-9-7-15-16(5-6-20-3)11(17)10(9)13/h7,14H,5-6,8H2,1-4H3. The van der Waals surface area contributed by atoms with E-state index in [0.29, 0.717) is 18.8 Å². The highest BCUT2D eigenvalue weighted by Crippen LogP contribution is 2.20. The summed E-state index contributed by atoms with van der Waals surface area (Å²) in [4.78, 5) is 12.0. The Hall–Kier alpha value is -1.12. The molecule has 9 heteroatoms. The van der Waals surface area contributed by atoms with Crippen LogP contribution in [-0.2, 0) is 21.1 Å². The van der Waals surface area contributed by atoms with Crippen LogP contribution in [0.25, 0.3) is 0 Å². The number of ether oxygens (including phenoxy) is 1. The van der Waals surface area contributed by atoms with Crippen LogP contribution in [0.2, 0.25) is 5.02 Å². The summed E-state index contributed by atoms with van der Waals surface area (Å²) in [5, 5.41) is 6.81. The molecule has 0 aromatic carbocycles. The number of hydrogen-bond acceptors (Lipinski definition) is 6. The predicted octanol–water partition coefficient (Wildman–Crippen LogP) is 0.778. The fourth-order valence-electron chi connectivity index (χ4n) is 1.36. The highest BCUT2D eigenvalue weighted by molar-refractivity contribution is 7.92. The van der Waals surface area contributed by atoms with Crippen molar-refractivity contribution in [3.63, 3.8) is 0 Å². The molecule has 1 aromatic heterocycles. The van der Waals surface area contributed by atoms with Crippen LogP contribution in [0.15, 0.2) is 11.0 Å². The zero-order valence-corrected chi connectivity index (χ0v) is 14.1. The fourth-order valence-corrected chi connectivity index (χ4v) is 1.91. The van der Waals surface area contributed by atoms with Gasteiger partial charge < -0.3 is 10.1 Å². The smallest absolute Gasteiger partial charge is 0.287 e. The first-order chi connectivity index (χ1) is 9.60. The Morgan fingerprint density at radius 1 is 1.48 bits per heavy atom. The van der Waals surface area contributed by atoms with Crippen LogP contribution < -0.4 is 10.9 Å². The summed E-state index contributed by atoms with van der Waals surface area (Å²) >= 11 is 5.99. The number of rotatable bonds is 7. The number of methoxy groups -OCH3 is 1. The maximum atomic E-state index is 12.0. The summed E-state index contributed by atoms with van der Waals surface area (Å²) < 4.78 is 28.3. The molecule has 0 unspecified atom stereocenters. The molecular weight excluding hydrogens is 318 g/mol. The van der Waals surface area contributed by atoms with Crippen molar-refractivity contribution in [1.82, 2.24) is 9.78 Å². The SMILES string of the molecule is COCCn1ncc(NCC(C)(C)S(C)(=O)=O)c(Cl)c1=O. The van der Waals surface area contributed by atoms with E-state index >= 15 is 0 Å². The molecule has 0 saturated carbocycles. The third-order valence-electron chi connectivity index (χ3n) is 3.20. The molecule has 0 fully saturated rings. The molecule has 120 valence electrons. The monoisotopic (exact) mass is 337 g/mol. The van der Waals surface area contributed by atoms with Gasteiger partial charge >= 0.3 is 0 Å². The Labute approximate surface area is 129 Å². The summed E-state index contributed by atoms with van der Waals surface area (Å²) in [7, 11) is -1.72. The Balaban J connectivity index is 2.92. The Morgan fingerprint density at radius 2 is 2.10 bits per heavy atom. The van der Waals surface area contributed by atoms with E-state index in [9.17, 15) is 13.2 Å². The third kappa shape index (κ3) is 4.42. The summed E-state index contributed by atoms with van der Waals surface area (Å²) in [5.41, 5.74) is -0.136. The summed E-state index contributed by atoms with van der Waals surface area (Å²) in [5.74, 6) is 0. The van der Waals surface area contributed by atoms with E-state index < -0.39 is 20.1 Å². The minimum absolute atomic E-state index is 0.0228. The second kappa shape index (κ2) is 6.76. The zero-order valence-electron chi connectivity index (χ0n) is 12.5. The van der Waals surface area contributed by atoms with Crippen LogP contribution in [0.5, 0.6) is 0 Å². The number of aromatic nitrogens is 2. The molecular formula is C12H20ClN3O4S. The summed E-state index contributed by atoms with van der Waals surface area (Å²) in [6, 6.07) is 0. The van der Waals surface area contributed by atoms with Crippen molar-refractivity contribution < 1.29 is 13.2 Å². The second-order valence-corrected chi connectivity index (χ2v) is 8.31. The van der Waals surface area contributed by atoms with Crippen LogP contribution in [0.1, 0.15) is 13.8 Å². The van der Waals surface area contributed by atoms with Gasteiger partial charge in [-0.2, -0.15) is 5.10 Å². The van der Waals surface area contributed by atoms with Gasteiger partial charge in [0, 0.05) is 19.9 Å². The van der Waals surface area contributed by atoms with E-state index in [4.69, 9.17) is 16.3 Å². The lowest BCUT2D eigenvalue weighted by Gasteiger charge is -2.23. The number of anilines is 1. The molecule has 1 heterocycles. The summed E-state index contributed by atoms with van der Waals surface area (Å²) in [6.07, 6.45) is 2.56. The molecule has 21 heavy (non-hydrogen) atoms. The van der Waals surface area contributed by atoms with Gasteiger partial charge in [-0.05, 0) is 13.8 Å². The van der Waals surface area contributed by atoms with Crippen molar-refractivity contribution in [3.05, 3.63) is 21.6 Å². The first-order valence-electron chi connectivity index (χ1n) is 6.28. The third-order valence-corrected chi connectivity index (χ3v) is 5.72. The Bertz CT molecular complexity index is 655. The number of halogens is 1. The number of hydrogen-bond donors (Lipinski definition) is 1. The topological polar surface area (TPSA) is 90.3 Å². The quantitative estimate of drug-likeness (QED) is 0.790. The van der Waals surface area contributed by atoms with Crippen molar-refractivity contribution in [2.45, 2.75) is 25.1 Å². The molecule has 1 rings (SSSR count). The zero-order chi connectivity index (χ0) is 16.3. The molecule has 0 aliphatic heterocycles. The van der Waals surface area contributed by atoms with E-state index in [0.717, 1.165) is 6.26 Å². The molecule has 0 saturated heterocycles. The lowest BCUT2D eigenvalue weighted by Crippen LogP contribution is -2.38. The molecule has 1 aromatic rings. The van der Waals surface area contributed by atoms with E-state index in [1.54, 1.807) is 13.8 Å². The molecule has 1 N–H and O–H groups in total. The van der Waals surface area contributed by atoms with Gasteiger partial charge in [-0.15, -0.1) is 0 Å². The van der Waals surface area contributed by atoms with Gasteiger partial charge in [-0.1, -0.05) is 11.6 Å². The highest BCUT2D eigenvalue weighted by atomic mass is 35.5. The van der Waals surface area contributed by atoms with Crippen molar-refractivity contribution in [2.75, 3.05) is 31.8 Å². The maximum absolute atomic E-state index is 12.0. The van der Waals surface area contributed by atoms with Crippen LogP contribution >= 0.6 is 11.6 Å². The average Bonchev–Trinajstić information content (AvgIpc) is 2.38. The second-order valence-electron chi connectivity index (χ2n) is 5.28. The summed E-state index contributed by atoms with van der Waals surface area (Å²) in [6.45, 7) is 3.95. The van der Waals surface area contributed by atoms with Crippen LogP contribution in [-0.4, -0.2) is 49.5 Å². The average molecular weight is 338 g/mol. The lowest BCUT2D eigenvalue weighted by molar-refractivity contribution is 0.182. The van der Waals surface area contributed by atoms with E-state index in [1.165, 1.54) is 18.0 Å². The molecule has 0 aliphatic carbocycles. The van der Waals surface area contributed by atoms with E-state index in [1.807, 2.05) is 0 Å². The van der Waals surface area contributed by atoms with Crippen LogP contribution in [0, 0.1) is 0 Å². The highest BCUT2D eigenvalue weighted by Gasteiger charge is 2.30. The first kappa shape index (κ1) is 17.9. The minimum Gasteiger partial charge on any atom is -0.383 e. The minimum atomic E-state index is -3.24. The Kier molecular flexibility index (Phi) is 5.77. The maximum Gasteiger partial charge on any atom is 0.287 e. The van der Waals surface area contributed by atoms with Crippen LogP contribution in [0.4, 0.5) is 5.69 Å². The Morgan fingerprint density at radius 3 is 2.62 bits per heavy atom. The fraction of sp³-hybridized carbons (Fsp3) is 0.667. The molecule has 0 aliphatic rings. The van der Waals surface area contributed by atoms with Crippen molar-refractivity contribution in [2.24, 2.45) is 0 Å². The van der Waals surface area contributed by atoms with Gasteiger partial charge in [0.05, 0.1) is 29.8 Å². The number of nitrogens with zero attached hydrogens (tertiary/aromatic N) is 2. The van der Waals surface area contributed by atoms with Gasteiger partial charge in [0.25, 0.3) is 5.56 Å². The lowest BCUT2D eigenvalue weighted by atomic mass is 10.2. The molecule has 0 atom stereocenters. The van der Waals surface area contributed by atoms with Crippen LogP contribution in [0.3, 0.4) is 0 Å². The first-order valence-corrected chi connectivity index (χ1v) is 8.55. The van der Waals surface area contributed by atoms with Gasteiger partial charge in [0.15, 0.2) is 9.84 Å². The molecule has 0 amide bonds. The van der Waals surface area contributed by atoms with E-state index in [-0.39, 0.29) is 11.6 Å². The largest absolute Gasteiger partial charge is 0.383 e. The number of sulfone groups is 1. The van der Waals surface area contributed by atoms with Gasteiger partial charge in [0.1, 0.15) is 5.02 Å². The van der Waals surface area contributed by atoms with Gasteiger partial charge in [0.2, 0.25) is 0 Å². The molecule has 0 spiro atoms. The van der Waals surface area contributed by atoms with Crippen molar-refractivity contribution in [1.29, 1.82) is 0 Å². The molecule has 7 nitrogen and oxygen atoms in total. The van der Waals surface area contributed by atoms with E-state index in [2.05, 4.69) is 10.4 Å². The van der Waals surface area contributed by atoms with Crippen molar-refractivity contribution in [3.8, 4) is 0 Å². The molecule has 0 bridgehead atoms. The van der Waals surface area contributed by atoms with Gasteiger partial charge in [-0.25, -0.2) is 13.1 Å².